The third-order valence-corrected chi connectivity index (χ3v) is 5.72. The third-order valence-electron chi connectivity index (χ3n) is 5.72. The Morgan fingerprint density at radius 3 is 2.36 bits per heavy atom. The predicted octanol–water partition coefficient (Wildman–Crippen LogP) is -10.4. The van der Waals surface area contributed by atoms with E-state index in [1.54, 1.807) is 0 Å². The Labute approximate surface area is 228 Å². The standard InChI is InChI=1S/C19H34N2O14.Na/c1-7(24)21-11-8(25)4-19(18(30)31,34-15(11)12(27)9(26)5-22)35-16-13(28)10(6-23)33-17(14(16)29)32-3-2-20;/h8-17,22-23,25-29H,2-6,20H2,1H3,(H,21,24)(H,30,31);/q;+1/p-1/t8?,9-,10?,11?,12-,13?,14?,15?,16?,17?,19?;/m1./s1. The minimum absolute atomic E-state index is 0. The molecule has 17 heteroatoms. The van der Waals surface area contributed by atoms with Crippen LogP contribution in [0.2, 0.25) is 0 Å². The zero-order chi connectivity index (χ0) is 26.5. The molecule has 1 amide bonds. The number of aliphatic carboxylic acids is 1. The number of amides is 1. The van der Waals surface area contributed by atoms with Gasteiger partial charge in [-0.25, -0.2) is 0 Å². The molecule has 11 atom stereocenters. The maximum atomic E-state index is 12.2. The number of aliphatic hydroxyl groups is 7. The molecule has 0 aliphatic carbocycles. The van der Waals surface area contributed by atoms with Crippen LogP contribution in [0.15, 0.2) is 0 Å². The van der Waals surface area contributed by atoms with E-state index in [2.05, 4.69) is 5.32 Å². The van der Waals surface area contributed by atoms with Crippen LogP contribution in [-0.2, 0) is 28.5 Å². The Hall–Kier alpha value is -0.540. The van der Waals surface area contributed by atoms with Crippen LogP contribution < -0.4 is 45.7 Å². The summed E-state index contributed by atoms with van der Waals surface area (Å²) in [5.41, 5.74) is 5.35. The van der Waals surface area contributed by atoms with Gasteiger partial charge in [-0.3, -0.25) is 4.79 Å². The average Bonchev–Trinajstić information content (AvgIpc) is 2.81. The first kappa shape index (κ1) is 33.5. The van der Waals surface area contributed by atoms with Crippen molar-refractivity contribution in [2.75, 3.05) is 26.4 Å². The summed E-state index contributed by atoms with van der Waals surface area (Å²) in [6.07, 6.45) is -16.9. The van der Waals surface area contributed by atoms with E-state index in [1.165, 1.54) is 0 Å². The largest absolute Gasteiger partial charge is 1.00 e. The van der Waals surface area contributed by atoms with Gasteiger partial charge in [-0.15, -0.1) is 0 Å². The molecule has 0 aromatic heterocycles. The van der Waals surface area contributed by atoms with Gasteiger partial charge in [-0.1, -0.05) is 0 Å². The fourth-order valence-electron chi connectivity index (χ4n) is 3.97. The van der Waals surface area contributed by atoms with Crippen LogP contribution in [-0.4, -0.2) is 141 Å². The number of carbonyl (C=O) groups excluding carboxylic acids is 2. The SMILES string of the molecule is CC(=O)NC1C(O)CC(OC2C(O)C(CO)OC(OCCN)C2O)(C(=O)[O-])OC1[C@H](O)[C@H](O)CO.[Na+]. The molecule has 0 saturated carbocycles. The summed E-state index contributed by atoms with van der Waals surface area (Å²) < 4.78 is 21.4. The summed E-state index contributed by atoms with van der Waals surface area (Å²) >= 11 is 0. The van der Waals surface area contributed by atoms with Crippen molar-refractivity contribution in [1.29, 1.82) is 0 Å². The van der Waals surface area contributed by atoms with Crippen LogP contribution in [0.4, 0.5) is 0 Å². The summed E-state index contributed by atoms with van der Waals surface area (Å²) in [4.78, 5) is 23.8. The summed E-state index contributed by atoms with van der Waals surface area (Å²) in [7, 11) is 0. The maximum absolute atomic E-state index is 12.2. The maximum Gasteiger partial charge on any atom is 1.00 e. The molecule has 0 aromatic carbocycles. The molecule has 36 heavy (non-hydrogen) atoms. The van der Waals surface area contributed by atoms with Crippen molar-refractivity contribution in [2.24, 2.45) is 5.73 Å². The van der Waals surface area contributed by atoms with Crippen molar-refractivity contribution in [1.82, 2.24) is 5.32 Å². The van der Waals surface area contributed by atoms with Crippen LogP contribution in [0, 0.1) is 0 Å². The van der Waals surface area contributed by atoms with Crippen molar-refractivity contribution in [3.8, 4) is 0 Å². The summed E-state index contributed by atoms with van der Waals surface area (Å²) in [5, 5.41) is 85.3. The van der Waals surface area contributed by atoms with Crippen molar-refractivity contribution >= 4 is 11.9 Å². The molecule has 2 rings (SSSR count). The smallest absolute Gasteiger partial charge is 0.544 e. The van der Waals surface area contributed by atoms with E-state index in [4.69, 9.17) is 24.7 Å². The van der Waals surface area contributed by atoms with Gasteiger partial charge in [0.15, 0.2) is 6.29 Å². The Balaban J connectivity index is 0.00000648. The number of hydrogen-bond donors (Lipinski definition) is 9. The van der Waals surface area contributed by atoms with Crippen LogP contribution in [0.5, 0.6) is 0 Å². The van der Waals surface area contributed by atoms with Crippen LogP contribution in [0.25, 0.3) is 0 Å². The molecule has 2 saturated heterocycles. The van der Waals surface area contributed by atoms with Gasteiger partial charge in [0.05, 0.1) is 32.0 Å². The third kappa shape index (κ3) is 7.52. The molecule has 2 fully saturated rings. The van der Waals surface area contributed by atoms with Gasteiger partial charge in [-0.05, 0) is 0 Å². The Bertz CT molecular complexity index is 722. The summed E-state index contributed by atoms with van der Waals surface area (Å²) in [5.74, 6) is -5.74. The molecule has 9 unspecified atom stereocenters. The quantitative estimate of drug-likeness (QED) is 0.111. The summed E-state index contributed by atoms with van der Waals surface area (Å²) in [6, 6.07) is -1.46. The fraction of sp³-hybridized carbons (Fsp3) is 0.895. The van der Waals surface area contributed by atoms with E-state index in [-0.39, 0.29) is 42.7 Å². The monoisotopic (exact) mass is 536 g/mol. The number of carboxylic acids is 1. The molecule has 0 aromatic rings. The first-order valence-corrected chi connectivity index (χ1v) is 10.9. The van der Waals surface area contributed by atoms with Gasteiger partial charge < -0.3 is 75.6 Å². The van der Waals surface area contributed by atoms with Crippen molar-refractivity contribution in [3.05, 3.63) is 0 Å². The summed E-state index contributed by atoms with van der Waals surface area (Å²) in [6.45, 7) is -0.804. The molecule has 0 radical (unpaired) electrons. The second kappa shape index (κ2) is 14.6. The molecule has 0 spiro atoms. The second-order valence-electron chi connectivity index (χ2n) is 8.31. The zero-order valence-corrected chi connectivity index (χ0v) is 21.9. The van der Waals surface area contributed by atoms with E-state index in [1.807, 2.05) is 0 Å². The number of carboxylic acid groups (broad SMARTS) is 1. The number of hydrogen-bond acceptors (Lipinski definition) is 15. The first-order chi connectivity index (χ1) is 16.4. The number of nitrogens with two attached hydrogens (primary N) is 1. The second-order valence-corrected chi connectivity index (χ2v) is 8.31. The minimum Gasteiger partial charge on any atom is -0.544 e. The van der Waals surface area contributed by atoms with Gasteiger partial charge in [-0.2, -0.15) is 0 Å². The predicted molar refractivity (Wildman–Crippen MR) is 108 cm³/mol. The Kier molecular flexibility index (Phi) is 13.6. The first-order valence-electron chi connectivity index (χ1n) is 10.9. The zero-order valence-electron chi connectivity index (χ0n) is 19.9. The molecule has 10 N–H and O–H groups in total. The van der Waals surface area contributed by atoms with E-state index < -0.39 is 98.5 Å². The van der Waals surface area contributed by atoms with Crippen LogP contribution >= 0.6 is 0 Å². The van der Waals surface area contributed by atoms with Gasteiger partial charge in [0.25, 0.3) is 0 Å². The van der Waals surface area contributed by atoms with Crippen LogP contribution in [0.3, 0.4) is 0 Å². The van der Waals surface area contributed by atoms with Crippen molar-refractivity contribution in [3.63, 3.8) is 0 Å². The van der Waals surface area contributed by atoms with Gasteiger partial charge >= 0.3 is 29.6 Å². The van der Waals surface area contributed by atoms with E-state index in [9.17, 15) is 50.4 Å². The minimum atomic E-state index is -2.95. The number of aliphatic hydroxyl groups excluding tert-OH is 7. The van der Waals surface area contributed by atoms with Gasteiger partial charge in [0, 0.05) is 19.9 Å². The molecule has 0 bridgehead atoms. The number of nitrogens with one attached hydrogen (secondary N) is 1. The van der Waals surface area contributed by atoms with E-state index in [0.29, 0.717) is 0 Å². The molecule has 2 heterocycles. The fourth-order valence-corrected chi connectivity index (χ4v) is 3.97. The topological polar surface area (TPSA) is 274 Å². The van der Waals surface area contributed by atoms with Crippen LogP contribution in [0.1, 0.15) is 13.3 Å². The van der Waals surface area contributed by atoms with E-state index in [0.717, 1.165) is 6.92 Å². The Morgan fingerprint density at radius 2 is 1.86 bits per heavy atom. The number of carbonyl (C=O) groups is 2. The van der Waals surface area contributed by atoms with Gasteiger partial charge in [0.2, 0.25) is 11.7 Å². The number of rotatable bonds is 11. The van der Waals surface area contributed by atoms with Crippen molar-refractivity contribution in [2.45, 2.75) is 80.3 Å². The molecular formula is C19H33N2NaO14. The average molecular weight is 536 g/mol. The molecule has 2 aliphatic rings. The number of ether oxygens (including phenoxy) is 4. The Morgan fingerprint density at radius 1 is 1.22 bits per heavy atom. The normalized spacial score (nSPS) is 38.5. The molecule has 204 valence electrons. The van der Waals surface area contributed by atoms with E-state index >= 15 is 0 Å². The molecule has 2 aliphatic heterocycles. The molecular weight excluding hydrogens is 503 g/mol. The van der Waals surface area contributed by atoms with Crippen molar-refractivity contribution < 1.29 is 98.9 Å². The molecule has 16 nitrogen and oxygen atoms in total. The van der Waals surface area contributed by atoms with Gasteiger partial charge in [0.1, 0.15) is 48.7 Å².